The number of benzene rings is 2. The van der Waals surface area contributed by atoms with Gasteiger partial charge in [-0.15, -0.1) is 12.4 Å². The van der Waals surface area contributed by atoms with E-state index in [1.54, 1.807) is 6.20 Å². The van der Waals surface area contributed by atoms with E-state index in [9.17, 15) is 4.79 Å². The second-order valence-corrected chi connectivity index (χ2v) is 6.86. The van der Waals surface area contributed by atoms with Crippen LogP contribution < -0.4 is 15.4 Å². The van der Waals surface area contributed by atoms with Crippen LogP contribution in [0.25, 0.3) is 21.9 Å². The van der Waals surface area contributed by atoms with E-state index in [-0.39, 0.29) is 24.4 Å². The lowest BCUT2D eigenvalue weighted by Crippen LogP contribution is -2.34. The number of carbonyl (C=O) groups excluding carboxylic acids is 1. The zero-order chi connectivity index (χ0) is 18.6. The van der Waals surface area contributed by atoms with Gasteiger partial charge in [0.1, 0.15) is 11.9 Å². The van der Waals surface area contributed by atoms with Gasteiger partial charge in [-0.05, 0) is 67.2 Å². The highest BCUT2D eigenvalue weighted by Gasteiger charge is 2.18. The molecule has 1 fully saturated rings. The van der Waals surface area contributed by atoms with Gasteiger partial charge >= 0.3 is 0 Å². The number of fused-ring (bicyclic) bond motifs is 1. The predicted octanol–water partition coefficient (Wildman–Crippen LogP) is 4.41. The molecular formula is C22H24ClN3O2. The van der Waals surface area contributed by atoms with Crippen molar-refractivity contribution in [1.82, 2.24) is 10.3 Å². The molecule has 0 saturated carbocycles. The molecule has 1 aliphatic rings. The molecule has 1 saturated heterocycles. The summed E-state index contributed by atoms with van der Waals surface area (Å²) in [5, 5.41) is 8.40. The van der Waals surface area contributed by atoms with Crippen molar-refractivity contribution in [2.24, 2.45) is 0 Å². The fourth-order valence-corrected chi connectivity index (χ4v) is 3.59. The molecule has 4 rings (SSSR count). The molecule has 0 unspecified atom stereocenters. The number of nitrogens with zero attached hydrogens (tertiary/aromatic N) is 1. The molecule has 3 aromatic rings. The first kappa shape index (κ1) is 20.1. The Kier molecular flexibility index (Phi) is 6.49. The Balaban J connectivity index is 0.00000225. The maximum atomic E-state index is 11.5. The van der Waals surface area contributed by atoms with Crippen molar-refractivity contribution in [1.29, 1.82) is 0 Å². The fourth-order valence-electron chi connectivity index (χ4n) is 3.59. The largest absolute Gasteiger partial charge is 0.490 e. The number of carbonyl (C=O) groups is 1. The molecule has 28 heavy (non-hydrogen) atoms. The first-order valence-corrected chi connectivity index (χ1v) is 9.33. The minimum Gasteiger partial charge on any atom is -0.490 e. The average Bonchev–Trinajstić information content (AvgIpc) is 2.68. The lowest BCUT2D eigenvalue weighted by Gasteiger charge is -2.25. The third-order valence-electron chi connectivity index (χ3n) is 4.83. The van der Waals surface area contributed by atoms with Crippen LogP contribution in [0.15, 0.2) is 54.9 Å². The number of halogens is 1. The van der Waals surface area contributed by atoms with E-state index in [2.05, 4.69) is 27.8 Å². The number of anilines is 1. The summed E-state index contributed by atoms with van der Waals surface area (Å²) in [7, 11) is 0. The smallest absolute Gasteiger partial charge is 0.221 e. The highest BCUT2D eigenvalue weighted by molar-refractivity contribution is 6.00. The van der Waals surface area contributed by atoms with E-state index >= 15 is 0 Å². The molecule has 0 radical (unpaired) electrons. The van der Waals surface area contributed by atoms with E-state index in [0.29, 0.717) is 0 Å². The van der Waals surface area contributed by atoms with Crippen molar-refractivity contribution in [2.75, 3.05) is 18.4 Å². The minimum atomic E-state index is -0.0829. The van der Waals surface area contributed by atoms with Gasteiger partial charge in [-0.2, -0.15) is 0 Å². The van der Waals surface area contributed by atoms with Crippen molar-refractivity contribution in [2.45, 2.75) is 25.9 Å². The second kappa shape index (κ2) is 9.04. The van der Waals surface area contributed by atoms with Crippen molar-refractivity contribution in [3.8, 4) is 16.9 Å². The number of pyridine rings is 1. The van der Waals surface area contributed by atoms with Gasteiger partial charge in [0, 0.05) is 36.0 Å². The third-order valence-corrected chi connectivity index (χ3v) is 4.83. The molecule has 2 N–H and O–H groups in total. The number of piperidine rings is 1. The number of hydrogen-bond donors (Lipinski definition) is 2. The van der Waals surface area contributed by atoms with Gasteiger partial charge in [0.2, 0.25) is 5.91 Å². The molecule has 0 aliphatic carbocycles. The normalized spacial score (nSPS) is 14.3. The van der Waals surface area contributed by atoms with Crippen LogP contribution in [-0.4, -0.2) is 30.1 Å². The van der Waals surface area contributed by atoms with Crippen LogP contribution in [0.5, 0.6) is 5.75 Å². The summed E-state index contributed by atoms with van der Waals surface area (Å²) in [6.45, 7) is 3.48. The molecule has 1 amide bonds. The predicted molar refractivity (Wildman–Crippen MR) is 115 cm³/mol. The van der Waals surface area contributed by atoms with Gasteiger partial charge in [-0.1, -0.05) is 12.1 Å². The van der Waals surface area contributed by atoms with Crippen LogP contribution in [0, 0.1) is 0 Å². The molecular weight excluding hydrogens is 374 g/mol. The number of nitrogens with one attached hydrogen (secondary N) is 2. The van der Waals surface area contributed by atoms with Crippen LogP contribution in [0.4, 0.5) is 5.69 Å². The monoisotopic (exact) mass is 397 g/mol. The molecule has 5 nitrogen and oxygen atoms in total. The molecule has 1 aliphatic heterocycles. The van der Waals surface area contributed by atoms with Gasteiger partial charge in [0.05, 0.1) is 0 Å². The zero-order valence-corrected chi connectivity index (χ0v) is 16.6. The van der Waals surface area contributed by atoms with Crippen LogP contribution in [-0.2, 0) is 4.79 Å². The summed E-state index contributed by atoms with van der Waals surface area (Å²) in [4.78, 5) is 15.7. The van der Waals surface area contributed by atoms with Gasteiger partial charge in [0.15, 0.2) is 0 Å². The Bertz CT molecular complexity index is 971. The number of amides is 1. The summed E-state index contributed by atoms with van der Waals surface area (Å²) < 4.78 is 6.42. The SMILES string of the molecule is CC(=O)Nc1cccc(-c2c(OC3CCNCC3)ccc3cnccc23)c1.Cl. The Morgan fingerprint density at radius 2 is 2.00 bits per heavy atom. The number of aromatic nitrogens is 1. The molecule has 2 aromatic carbocycles. The summed E-state index contributed by atoms with van der Waals surface area (Å²) in [5.41, 5.74) is 2.83. The third kappa shape index (κ3) is 4.43. The molecule has 0 bridgehead atoms. The number of ether oxygens (including phenoxy) is 1. The van der Waals surface area contributed by atoms with Gasteiger partial charge in [0.25, 0.3) is 0 Å². The van der Waals surface area contributed by atoms with Crippen LogP contribution in [0.1, 0.15) is 19.8 Å². The zero-order valence-electron chi connectivity index (χ0n) is 15.8. The van der Waals surface area contributed by atoms with Crippen molar-refractivity contribution >= 4 is 34.8 Å². The highest BCUT2D eigenvalue weighted by Crippen LogP contribution is 2.38. The van der Waals surface area contributed by atoms with Crippen molar-refractivity contribution in [3.63, 3.8) is 0 Å². The van der Waals surface area contributed by atoms with Gasteiger partial charge < -0.3 is 15.4 Å². The topological polar surface area (TPSA) is 63.2 Å². The molecule has 0 atom stereocenters. The molecule has 0 spiro atoms. The Labute approximate surface area is 170 Å². The average molecular weight is 398 g/mol. The van der Waals surface area contributed by atoms with E-state index in [4.69, 9.17) is 4.74 Å². The molecule has 6 heteroatoms. The quantitative estimate of drug-likeness (QED) is 0.684. The number of rotatable bonds is 4. The summed E-state index contributed by atoms with van der Waals surface area (Å²) in [6.07, 6.45) is 5.88. The van der Waals surface area contributed by atoms with Gasteiger partial charge in [-0.3, -0.25) is 9.78 Å². The lowest BCUT2D eigenvalue weighted by atomic mass is 9.97. The Morgan fingerprint density at radius 1 is 1.18 bits per heavy atom. The molecule has 146 valence electrons. The first-order chi connectivity index (χ1) is 13.2. The van der Waals surface area contributed by atoms with E-state index < -0.39 is 0 Å². The van der Waals surface area contributed by atoms with E-state index in [1.807, 2.05) is 36.5 Å². The maximum absolute atomic E-state index is 11.5. The number of hydrogen-bond acceptors (Lipinski definition) is 4. The Hall–Kier alpha value is -2.63. The summed E-state index contributed by atoms with van der Waals surface area (Å²) in [5.74, 6) is 0.793. The molecule has 1 aromatic heterocycles. The van der Waals surface area contributed by atoms with Crippen LogP contribution in [0.3, 0.4) is 0 Å². The second-order valence-electron chi connectivity index (χ2n) is 6.86. The molecule has 2 heterocycles. The van der Waals surface area contributed by atoms with E-state index in [1.165, 1.54) is 6.92 Å². The summed E-state index contributed by atoms with van der Waals surface area (Å²) in [6, 6.07) is 14.0. The van der Waals surface area contributed by atoms with Gasteiger partial charge in [-0.25, -0.2) is 0 Å². The fraction of sp³-hybridized carbons (Fsp3) is 0.273. The van der Waals surface area contributed by atoms with Crippen molar-refractivity contribution < 1.29 is 9.53 Å². The minimum absolute atomic E-state index is 0. The van der Waals surface area contributed by atoms with Crippen LogP contribution >= 0.6 is 12.4 Å². The first-order valence-electron chi connectivity index (χ1n) is 9.33. The standard InChI is InChI=1S/C22H23N3O2.ClH/c1-15(26)25-18-4-2-3-16(13-18)22-20-9-12-24-14-17(20)5-6-21(22)27-19-7-10-23-11-8-19;/h2-6,9,12-14,19,23H,7-8,10-11H2,1H3,(H,25,26);1H. The van der Waals surface area contributed by atoms with Crippen molar-refractivity contribution in [3.05, 3.63) is 54.9 Å². The highest BCUT2D eigenvalue weighted by atomic mass is 35.5. The van der Waals surface area contributed by atoms with Crippen LogP contribution in [0.2, 0.25) is 0 Å². The Morgan fingerprint density at radius 3 is 2.79 bits per heavy atom. The van der Waals surface area contributed by atoms with E-state index in [0.717, 1.165) is 59.3 Å². The summed E-state index contributed by atoms with van der Waals surface area (Å²) >= 11 is 0. The maximum Gasteiger partial charge on any atom is 0.221 e. The lowest BCUT2D eigenvalue weighted by molar-refractivity contribution is -0.114.